The van der Waals surface area contributed by atoms with E-state index in [9.17, 15) is 14.0 Å². The highest BCUT2D eigenvalue weighted by atomic mass is 19.1. The fourth-order valence-electron chi connectivity index (χ4n) is 3.41. The maximum Gasteiger partial charge on any atom is 0.262 e. The van der Waals surface area contributed by atoms with Crippen LogP contribution in [-0.2, 0) is 4.79 Å². The molecule has 4 rings (SSSR count). The summed E-state index contributed by atoms with van der Waals surface area (Å²) in [5.41, 5.74) is 2.03. The number of nitrogens with zero attached hydrogens (tertiary/aromatic N) is 1. The van der Waals surface area contributed by atoms with Crippen molar-refractivity contribution in [3.05, 3.63) is 59.4 Å². The van der Waals surface area contributed by atoms with Gasteiger partial charge in [0.15, 0.2) is 6.61 Å². The number of halogens is 1. The second-order valence-electron chi connectivity index (χ2n) is 6.26. The SMILES string of the molecule is O=C1COc2cc(C(=O)N3CCCC3c3ccc(F)cc3)ccc2N1. The van der Waals surface area contributed by atoms with Gasteiger partial charge in [0.25, 0.3) is 11.8 Å². The van der Waals surface area contributed by atoms with E-state index in [1.165, 1.54) is 12.1 Å². The molecule has 2 aliphatic rings. The van der Waals surface area contributed by atoms with Gasteiger partial charge in [0.05, 0.1) is 11.7 Å². The smallest absolute Gasteiger partial charge is 0.262 e. The normalized spacial score (nSPS) is 19.2. The van der Waals surface area contributed by atoms with Crippen LogP contribution in [-0.4, -0.2) is 29.9 Å². The summed E-state index contributed by atoms with van der Waals surface area (Å²) in [5.74, 6) is -0.0749. The Kier molecular flexibility index (Phi) is 3.87. The highest BCUT2D eigenvalue weighted by Crippen LogP contribution is 2.35. The molecule has 5 nitrogen and oxygen atoms in total. The Bertz CT molecular complexity index is 835. The van der Waals surface area contributed by atoms with Crippen LogP contribution in [0.3, 0.4) is 0 Å². The van der Waals surface area contributed by atoms with Crippen molar-refractivity contribution >= 4 is 17.5 Å². The van der Waals surface area contributed by atoms with Crippen molar-refractivity contribution in [1.29, 1.82) is 0 Å². The van der Waals surface area contributed by atoms with Crippen molar-refractivity contribution in [2.24, 2.45) is 0 Å². The first-order chi connectivity index (χ1) is 12.1. The molecule has 0 aliphatic carbocycles. The molecule has 1 atom stereocenters. The van der Waals surface area contributed by atoms with Gasteiger partial charge in [-0.05, 0) is 48.7 Å². The van der Waals surface area contributed by atoms with E-state index >= 15 is 0 Å². The molecule has 2 heterocycles. The number of anilines is 1. The molecular weight excluding hydrogens is 323 g/mol. The van der Waals surface area contributed by atoms with Gasteiger partial charge in [-0.25, -0.2) is 4.39 Å². The fourth-order valence-corrected chi connectivity index (χ4v) is 3.41. The number of fused-ring (bicyclic) bond motifs is 1. The Morgan fingerprint density at radius 3 is 2.80 bits per heavy atom. The Labute approximate surface area is 144 Å². The summed E-state index contributed by atoms with van der Waals surface area (Å²) in [6, 6.07) is 11.3. The summed E-state index contributed by atoms with van der Waals surface area (Å²) in [7, 11) is 0. The zero-order chi connectivity index (χ0) is 17.4. The van der Waals surface area contributed by atoms with E-state index in [0.717, 1.165) is 18.4 Å². The first-order valence-electron chi connectivity index (χ1n) is 8.25. The second kappa shape index (κ2) is 6.20. The predicted octanol–water partition coefficient (Wildman–Crippen LogP) is 3.13. The molecule has 0 saturated carbocycles. The van der Waals surface area contributed by atoms with Crippen LogP contribution >= 0.6 is 0 Å². The van der Waals surface area contributed by atoms with Gasteiger partial charge in [0.1, 0.15) is 11.6 Å². The molecule has 25 heavy (non-hydrogen) atoms. The van der Waals surface area contributed by atoms with Gasteiger partial charge in [0.2, 0.25) is 0 Å². The number of likely N-dealkylation sites (tertiary alicyclic amines) is 1. The highest BCUT2D eigenvalue weighted by molar-refractivity contribution is 5.99. The third kappa shape index (κ3) is 2.95. The molecule has 2 aromatic carbocycles. The number of benzene rings is 2. The quantitative estimate of drug-likeness (QED) is 0.914. The van der Waals surface area contributed by atoms with Crippen LogP contribution in [0, 0.1) is 5.82 Å². The number of rotatable bonds is 2. The molecule has 2 aliphatic heterocycles. The average molecular weight is 340 g/mol. The van der Waals surface area contributed by atoms with Crippen LogP contribution in [0.25, 0.3) is 0 Å². The van der Waals surface area contributed by atoms with E-state index in [1.807, 2.05) is 4.90 Å². The standard InChI is InChI=1S/C19H17FN2O3/c20-14-6-3-12(4-7-14)16-2-1-9-22(16)19(24)13-5-8-15-17(10-13)25-11-18(23)21-15/h3-8,10,16H,1-2,9,11H2,(H,21,23). The van der Waals surface area contributed by atoms with Gasteiger partial charge in [-0.3, -0.25) is 9.59 Å². The van der Waals surface area contributed by atoms with Crippen LogP contribution < -0.4 is 10.1 Å². The third-order valence-electron chi connectivity index (χ3n) is 4.63. The summed E-state index contributed by atoms with van der Waals surface area (Å²) < 4.78 is 18.5. The lowest BCUT2D eigenvalue weighted by Crippen LogP contribution is -2.31. The molecule has 1 unspecified atom stereocenters. The van der Waals surface area contributed by atoms with Crippen molar-refractivity contribution in [3.63, 3.8) is 0 Å². The van der Waals surface area contributed by atoms with Gasteiger partial charge in [-0.15, -0.1) is 0 Å². The molecule has 6 heteroatoms. The monoisotopic (exact) mass is 340 g/mol. The summed E-state index contributed by atoms with van der Waals surface area (Å²) in [4.78, 5) is 26.1. The number of carbonyl (C=O) groups excluding carboxylic acids is 2. The van der Waals surface area contributed by atoms with Gasteiger partial charge < -0.3 is 15.0 Å². The van der Waals surface area contributed by atoms with Crippen molar-refractivity contribution in [2.75, 3.05) is 18.5 Å². The largest absolute Gasteiger partial charge is 0.482 e. The lowest BCUT2D eigenvalue weighted by Gasteiger charge is -2.26. The van der Waals surface area contributed by atoms with E-state index in [2.05, 4.69) is 5.32 Å². The molecule has 1 fully saturated rings. The summed E-state index contributed by atoms with van der Waals surface area (Å²) in [6.07, 6.45) is 1.76. The van der Waals surface area contributed by atoms with Crippen LogP contribution in [0.5, 0.6) is 5.75 Å². The molecule has 2 aromatic rings. The predicted molar refractivity (Wildman–Crippen MR) is 90.0 cm³/mol. The van der Waals surface area contributed by atoms with Crippen LogP contribution in [0.4, 0.5) is 10.1 Å². The fraction of sp³-hybridized carbons (Fsp3) is 0.263. The first kappa shape index (κ1) is 15.6. The van der Waals surface area contributed by atoms with E-state index in [0.29, 0.717) is 23.5 Å². The maximum atomic E-state index is 13.2. The number of nitrogens with one attached hydrogen (secondary N) is 1. The number of carbonyl (C=O) groups is 2. The lowest BCUT2D eigenvalue weighted by atomic mass is 10.0. The molecule has 1 N–H and O–H groups in total. The average Bonchev–Trinajstić information content (AvgIpc) is 3.11. The van der Waals surface area contributed by atoms with Crippen LogP contribution in [0.15, 0.2) is 42.5 Å². The van der Waals surface area contributed by atoms with Gasteiger partial charge in [-0.1, -0.05) is 12.1 Å². The minimum atomic E-state index is -0.284. The van der Waals surface area contributed by atoms with E-state index in [-0.39, 0.29) is 30.3 Å². The Morgan fingerprint density at radius 1 is 1.20 bits per heavy atom. The van der Waals surface area contributed by atoms with Crippen molar-refractivity contribution < 1.29 is 18.7 Å². The lowest BCUT2D eigenvalue weighted by molar-refractivity contribution is -0.118. The Hall–Kier alpha value is -2.89. The van der Waals surface area contributed by atoms with Crippen molar-refractivity contribution in [3.8, 4) is 5.75 Å². The molecule has 1 saturated heterocycles. The zero-order valence-corrected chi connectivity index (χ0v) is 13.5. The zero-order valence-electron chi connectivity index (χ0n) is 13.5. The molecule has 0 bridgehead atoms. The maximum absolute atomic E-state index is 13.2. The summed E-state index contributed by atoms with van der Waals surface area (Å²) in [6.45, 7) is 0.613. The minimum absolute atomic E-state index is 0.0490. The van der Waals surface area contributed by atoms with Crippen molar-refractivity contribution in [1.82, 2.24) is 4.90 Å². The van der Waals surface area contributed by atoms with E-state index < -0.39 is 0 Å². The number of hydrogen-bond acceptors (Lipinski definition) is 3. The number of hydrogen-bond donors (Lipinski definition) is 1. The van der Waals surface area contributed by atoms with Gasteiger partial charge in [0, 0.05) is 12.1 Å². The molecule has 128 valence electrons. The van der Waals surface area contributed by atoms with E-state index in [4.69, 9.17) is 4.74 Å². The molecule has 2 amide bonds. The van der Waals surface area contributed by atoms with Crippen LogP contribution in [0.2, 0.25) is 0 Å². The molecule has 0 radical (unpaired) electrons. The third-order valence-corrected chi connectivity index (χ3v) is 4.63. The minimum Gasteiger partial charge on any atom is -0.482 e. The van der Waals surface area contributed by atoms with E-state index in [1.54, 1.807) is 30.3 Å². The second-order valence-corrected chi connectivity index (χ2v) is 6.26. The molecule has 0 spiro atoms. The summed E-state index contributed by atoms with van der Waals surface area (Å²) in [5, 5.41) is 2.71. The topological polar surface area (TPSA) is 58.6 Å². The first-order valence-corrected chi connectivity index (χ1v) is 8.25. The van der Waals surface area contributed by atoms with Crippen molar-refractivity contribution in [2.45, 2.75) is 18.9 Å². The number of ether oxygens (including phenoxy) is 1. The summed E-state index contributed by atoms with van der Waals surface area (Å²) >= 11 is 0. The molecular formula is C19H17FN2O3. The highest BCUT2D eigenvalue weighted by Gasteiger charge is 2.31. The molecule has 0 aromatic heterocycles. The van der Waals surface area contributed by atoms with Gasteiger partial charge in [-0.2, -0.15) is 0 Å². The Morgan fingerprint density at radius 2 is 2.00 bits per heavy atom. The van der Waals surface area contributed by atoms with Gasteiger partial charge >= 0.3 is 0 Å². The van der Waals surface area contributed by atoms with Crippen LogP contribution in [0.1, 0.15) is 34.8 Å². The number of amides is 2. The Balaban J connectivity index is 1.59.